The van der Waals surface area contributed by atoms with E-state index in [0.717, 1.165) is 30.4 Å². The van der Waals surface area contributed by atoms with Gasteiger partial charge in [-0.2, -0.15) is 4.31 Å². The van der Waals surface area contributed by atoms with Gasteiger partial charge in [0.25, 0.3) is 0 Å². The molecule has 0 heterocycles. The largest absolute Gasteiger partial charge is 0.243 e. The van der Waals surface area contributed by atoms with Gasteiger partial charge in [-0.25, -0.2) is 8.42 Å². The molecule has 1 aromatic carbocycles. The van der Waals surface area contributed by atoms with Crippen LogP contribution in [-0.4, -0.2) is 25.3 Å². The first kappa shape index (κ1) is 16.8. The van der Waals surface area contributed by atoms with Gasteiger partial charge < -0.3 is 0 Å². The molecule has 1 aromatic rings. The standard InChI is InChI=1S/C16H24ClNO2S/c1-12(2)8-9-18(15-5-6-15)21(19,20)16-7-4-13(3)14(10-16)11-17/h4,7,10,12,15H,5-6,8-9,11H2,1-3H3. The van der Waals surface area contributed by atoms with Crippen LogP contribution in [0.15, 0.2) is 23.1 Å². The Bertz CT molecular complexity index is 594. The van der Waals surface area contributed by atoms with Gasteiger partial charge in [0.1, 0.15) is 0 Å². The lowest BCUT2D eigenvalue weighted by Crippen LogP contribution is -2.34. The number of nitrogens with zero attached hydrogens (tertiary/aromatic N) is 1. The van der Waals surface area contributed by atoms with E-state index in [1.807, 2.05) is 13.0 Å². The van der Waals surface area contributed by atoms with Crippen LogP contribution in [0.1, 0.15) is 44.2 Å². The third-order valence-corrected chi connectivity index (χ3v) is 6.19. The maximum absolute atomic E-state index is 12.9. The number of hydrogen-bond acceptors (Lipinski definition) is 2. The quantitative estimate of drug-likeness (QED) is 0.711. The molecule has 0 atom stereocenters. The van der Waals surface area contributed by atoms with Crippen LogP contribution in [0.2, 0.25) is 0 Å². The number of halogens is 1. The molecular weight excluding hydrogens is 306 g/mol. The molecular formula is C16H24ClNO2S. The summed E-state index contributed by atoms with van der Waals surface area (Å²) in [6.45, 7) is 6.80. The van der Waals surface area contributed by atoms with Crippen molar-refractivity contribution in [2.45, 2.75) is 56.9 Å². The zero-order valence-corrected chi connectivity index (χ0v) is 14.5. The molecule has 0 radical (unpaired) electrons. The second-order valence-electron chi connectivity index (χ2n) is 6.25. The predicted octanol–water partition coefficient (Wildman–Crippen LogP) is 3.93. The molecule has 5 heteroatoms. The van der Waals surface area contributed by atoms with Crippen molar-refractivity contribution in [2.24, 2.45) is 5.92 Å². The molecule has 0 amide bonds. The first-order valence-electron chi connectivity index (χ1n) is 7.53. The second kappa shape index (κ2) is 6.67. The molecule has 1 fully saturated rings. The van der Waals surface area contributed by atoms with E-state index in [1.165, 1.54) is 0 Å². The highest BCUT2D eigenvalue weighted by atomic mass is 35.5. The Hall–Kier alpha value is -0.580. The average molecular weight is 330 g/mol. The predicted molar refractivity (Wildman–Crippen MR) is 87.1 cm³/mol. The van der Waals surface area contributed by atoms with Crippen molar-refractivity contribution in [3.05, 3.63) is 29.3 Å². The van der Waals surface area contributed by atoms with E-state index in [9.17, 15) is 8.42 Å². The molecule has 0 aliphatic heterocycles. The minimum atomic E-state index is -3.41. The minimum absolute atomic E-state index is 0.189. The van der Waals surface area contributed by atoms with Gasteiger partial charge in [-0.1, -0.05) is 19.9 Å². The SMILES string of the molecule is Cc1ccc(S(=O)(=O)N(CCC(C)C)C2CC2)cc1CCl. The lowest BCUT2D eigenvalue weighted by Gasteiger charge is -2.23. The first-order chi connectivity index (χ1) is 9.86. The molecule has 3 nitrogen and oxygen atoms in total. The van der Waals surface area contributed by atoms with E-state index in [0.29, 0.717) is 23.2 Å². The van der Waals surface area contributed by atoms with Crippen LogP contribution in [0.4, 0.5) is 0 Å². The monoisotopic (exact) mass is 329 g/mol. The van der Waals surface area contributed by atoms with Crippen LogP contribution < -0.4 is 0 Å². The Morgan fingerprint density at radius 2 is 2.00 bits per heavy atom. The number of hydrogen-bond donors (Lipinski definition) is 0. The normalized spacial score (nSPS) is 15.9. The first-order valence-corrected chi connectivity index (χ1v) is 9.51. The van der Waals surface area contributed by atoms with Crippen LogP contribution in [0.25, 0.3) is 0 Å². The molecule has 0 N–H and O–H groups in total. The molecule has 21 heavy (non-hydrogen) atoms. The minimum Gasteiger partial charge on any atom is -0.207 e. The highest BCUT2D eigenvalue weighted by Crippen LogP contribution is 2.33. The van der Waals surface area contributed by atoms with Gasteiger partial charge in [0.15, 0.2) is 0 Å². The third kappa shape index (κ3) is 3.99. The van der Waals surface area contributed by atoms with Crippen molar-refractivity contribution in [2.75, 3.05) is 6.54 Å². The fraction of sp³-hybridized carbons (Fsp3) is 0.625. The van der Waals surface area contributed by atoms with E-state index in [2.05, 4.69) is 13.8 Å². The van der Waals surface area contributed by atoms with Crippen molar-refractivity contribution in [1.82, 2.24) is 4.31 Å². The van der Waals surface area contributed by atoms with Gasteiger partial charge in [0.2, 0.25) is 10.0 Å². The summed E-state index contributed by atoms with van der Waals surface area (Å²) in [6.07, 6.45) is 2.85. The van der Waals surface area contributed by atoms with Crippen LogP contribution in [0.5, 0.6) is 0 Å². The Labute approximate surface area is 133 Å². The van der Waals surface area contributed by atoms with E-state index >= 15 is 0 Å². The van der Waals surface area contributed by atoms with Gasteiger partial charge in [-0.05, 0) is 55.4 Å². The van der Waals surface area contributed by atoms with E-state index in [4.69, 9.17) is 11.6 Å². The number of benzene rings is 1. The molecule has 0 unspecified atom stereocenters. The zero-order chi connectivity index (χ0) is 15.6. The molecule has 0 aromatic heterocycles. The summed E-state index contributed by atoms with van der Waals surface area (Å²) in [5, 5.41) is 0. The summed E-state index contributed by atoms with van der Waals surface area (Å²) >= 11 is 5.90. The summed E-state index contributed by atoms with van der Waals surface area (Å²) in [6, 6.07) is 5.46. The average Bonchev–Trinajstić information content (AvgIpc) is 3.23. The summed E-state index contributed by atoms with van der Waals surface area (Å²) < 4.78 is 27.5. The van der Waals surface area contributed by atoms with Crippen LogP contribution in [0.3, 0.4) is 0 Å². The van der Waals surface area contributed by atoms with Gasteiger partial charge in [-0.15, -0.1) is 11.6 Å². The molecule has 1 aliphatic rings. The van der Waals surface area contributed by atoms with Crippen molar-refractivity contribution < 1.29 is 8.42 Å². The maximum atomic E-state index is 12.9. The molecule has 1 aliphatic carbocycles. The van der Waals surface area contributed by atoms with Crippen LogP contribution in [0, 0.1) is 12.8 Å². The van der Waals surface area contributed by atoms with E-state index < -0.39 is 10.0 Å². The lowest BCUT2D eigenvalue weighted by atomic mass is 10.1. The summed E-state index contributed by atoms with van der Waals surface area (Å²) in [7, 11) is -3.41. The fourth-order valence-corrected chi connectivity index (χ4v) is 4.37. The number of rotatable bonds is 7. The summed E-state index contributed by atoms with van der Waals surface area (Å²) in [5.74, 6) is 0.836. The molecule has 0 spiro atoms. The summed E-state index contributed by atoms with van der Waals surface area (Å²) in [5.41, 5.74) is 1.92. The lowest BCUT2D eigenvalue weighted by molar-refractivity contribution is 0.373. The maximum Gasteiger partial charge on any atom is 0.243 e. The van der Waals surface area contributed by atoms with Gasteiger partial charge in [-0.3, -0.25) is 0 Å². The highest BCUT2D eigenvalue weighted by molar-refractivity contribution is 7.89. The number of sulfonamides is 1. The molecule has 118 valence electrons. The Balaban J connectivity index is 2.29. The van der Waals surface area contributed by atoms with Crippen LogP contribution >= 0.6 is 11.6 Å². The Morgan fingerprint density at radius 1 is 1.33 bits per heavy atom. The zero-order valence-electron chi connectivity index (χ0n) is 13.0. The molecule has 0 saturated heterocycles. The third-order valence-electron chi connectivity index (χ3n) is 3.95. The topological polar surface area (TPSA) is 37.4 Å². The second-order valence-corrected chi connectivity index (χ2v) is 8.41. The molecule has 2 rings (SSSR count). The Morgan fingerprint density at radius 3 is 2.52 bits per heavy atom. The van der Waals surface area contributed by atoms with Gasteiger partial charge in [0.05, 0.1) is 4.90 Å². The van der Waals surface area contributed by atoms with Crippen molar-refractivity contribution in [1.29, 1.82) is 0 Å². The van der Waals surface area contributed by atoms with Crippen molar-refractivity contribution in [3.8, 4) is 0 Å². The van der Waals surface area contributed by atoms with Gasteiger partial charge in [0, 0.05) is 18.5 Å². The molecule has 0 bridgehead atoms. The molecule has 1 saturated carbocycles. The Kier molecular flexibility index (Phi) is 5.33. The van der Waals surface area contributed by atoms with Crippen molar-refractivity contribution >= 4 is 21.6 Å². The number of alkyl halides is 1. The van der Waals surface area contributed by atoms with Crippen LogP contribution in [-0.2, 0) is 15.9 Å². The smallest absolute Gasteiger partial charge is 0.207 e. The summed E-state index contributed by atoms with van der Waals surface area (Å²) in [4.78, 5) is 0.374. The fourth-order valence-electron chi connectivity index (χ4n) is 2.33. The van der Waals surface area contributed by atoms with Gasteiger partial charge >= 0.3 is 0 Å². The van der Waals surface area contributed by atoms with E-state index in [1.54, 1.807) is 16.4 Å². The highest BCUT2D eigenvalue weighted by Gasteiger charge is 2.37. The number of aryl methyl sites for hydroxylation is 1. The van der Waals surface area contributed by atoms with E-state index in [-0.39, 0.29) is 6.04 Å². The van der Waals surface area contributed by atoms with Crippen molar-refractivity contribution in [3.63, 3.8) is 0 Å².